The predicted molar refractivity (Wildman–Crippen MR) is 151 cm³/mol. The van der Waals surface area contributed by atoms with Gasteiger partial charge in [-0.3, -0.25) is 9.88 Å². The van der Waals surface area contributed by atoms with Crippen LogP contribution in [0.2, 0.25) is 0 Å². The molecule has 12 heteroatoms. The number of benzene rings is 2. The molecule has 4 aromatic rings. The van der Waals surface area contributed by atoms with Crippen LogP contribution in [0.25, 0.3) is 32.9 Å². The van der Waals surface area contributed by atoms with E-state index in [1.165, 1.54) is 12.3 Å². The number of hydrogen-bond acceptors (Lipinski definition) is 9. The molecule has 2 aromatic carbocycles. The van der Waals surface area contributed by atoms with Crippen LogP contribution >= 0.6 is 0 Å². The maximum atomic E-state index is 16.4. The van der Waals surface area contributed by atoms with Gasteiger partial charge >= 0.3 is 13.1 Å². The molecule has 2 fully saturated rings. The van der Waals surface area contributed by atoms with Gasteiger partial charge in [-0.1, -0.05) is 30.3 Å². The van der Waals surface area contributed by atoms with Crippen molar-refractivity contribution in [2.45, 2.75) is 31.0 Å². The fourth-order valence-corrected chi connectivity index (χ4v) is 6.58. The maximum Gasteiger partial charge on any atom is 0.485 e. The average Bonchev–Trinajstić information content (AvgIpc) is 3.66. The van der Waals surface area contributed by atoms with Gasteiger partial charge in [0.2, 0.25) is 0 Å². The Morgan fingerprint density at radius 2 is 2.00 bits per heavy atom. The first-order valence-corrected chi connectivity index (χ1v) is 13.7. The van der Waals surface area contributed by atoms with Crippen LogP contribution in [0.5, 0.6) is 11.8 Å². The summed E-state index contributed by atoms with van der Waals surface area (Å²) < 4.78 is 36.9. The molecule has 2 atom stereocenters. The van der Waals surface area contributed by atoms with E-state index in [9.17, 15) is 19.5 Å². The Kier molecular flexibility index (Phi) is 6.29. The molecule has 3 aliphatic rings. The topological polar surface area (TPSA) is 115 Å². The fourth-order valence-electron chi connectivity index (χ4n) is 6.58. The van der Waals surface area contributed by atoms with E-state index in [4.69, 9.17) is 4.74 Å². The van der Waals surface area contributed by atoms with E-state index in [2.05, 4.69) is 19.9 Å². The molecule has 0 bridgehead atoms. The van der Waals surface area contributed by atoms with Crippen LogP contribution in [-0.2, 0) is 0 Å². The zero-order valence-electron chi connectivity index (χ0n) is 22.2. The molecule has 3 N–H and O–H groups in total. The molecule has 0 saturated carbocycles. The van der Waals surface area contributed by atoms with Gasteiger partial charge in [0, 0.05) is 37.8 Å². The van der Waals surface area contributed by atoms with Gasteiger partial charge in [-0.2, -0.15) is 9.97 Å². The van der Waals surface area contributed by atoms with Gasteiger partial charge in [-0.25, -0.2) is 8.78 Å². The van der Waals surface area contributed by atoms with Crippen molar-refractivity contribution < 1.29 is 28.7 Å². The van der Waals surface area contributed by atoms with E-state index < -0.39 is 24.6 Å². The van der Waals surface area contributed by atoms with Gasteiger partial charge in [-0.05, 0) is 47.8 Å². The molecule has 0 aliphatic carbocycles. The molecule has 2 saturated heterocycles. The molecule has 3 aliphatic heterocycles. The first-order valence-electron chi connectivity index (χ1n) is 13.7. The van der Waals surface area contributed by atoms with Gasteiger partial charge in [-0.15, -0.1) is 0 Å². The summed E-state index contributed by atoms with van der Waals surface area (Å²) in [5.41, 5.74) is 0.371. The fraction of sp³-hybridized carbons (Fsp3) is 0.345. The Balaban J connectivity index is 1.33. The lowest BCUT2D eigenvalue weighted by Gasteiger charge is -2.31. The van der Waals surface area contributed by atoms with Crippen molar-refractivity contribution >= 4 is 34.6 Å². The third-order valence-electron chi connectivity index (χ3n) is 8.55. The first-order chi connectivity index (χ1) is 19.8. The summed E-state index contributed by atoms with van der Waals surface area (Å²) in [6.45, 7) is 1.85. The van der Waals surface area contributed by atoms with Crippen molar-refractivity contribution in [2.24, 2.45) is 0 Å². The number of pyridine rings is 1. The lowest BCUT2D eigenvalue weighted by atomic mass is 9.80. The number of phenolic OH excluding ortho intramolecular Hbond substituents is 1. The maximum absolute atomic E-state index is 16.4. The van der Waals surface area contributed by atoms with Gasteiger partial charge < -0.3 is 24.8 Å². The summed E-state index contributed by atoms with van der Waals surface area (Å²) in [6.07, 6.45) is 4.37. The van der Waals surface area contributed by atoms with Crippen molar-refractivity contribution in [2.75, 3.05) is 37.7 Å². The number of ether oxygens (including phenoxy) is 1. The van der Waals surface area contributed by atoms with Crippen LogP contribution in [0.3, 0.4) is 0 Å². The van der Waals surface area contributed by atoms with E-state index in [0.29, 0.717) is 41.8 Å². The van der Waals surface area contributed by atoms with Crippen molar-refractivity contribution in [3.8, 4) is 23.0 Å². The lowest BCUT2D eigenvalue weighted by Crippen LogP contribution is -2.43. The highest BCUT2D eigenvalue weighted by molar-refractivity contribution is 6.51. The van der Waals surface area contributed by atoms with Crippen LogP contribution in [0, 0.1) is 5.82 Å². The number of hydrogen-bond donors (Lipinski definition) is 3. The molecular formula is C29H28BF2N5O4. The van der Waals surface area contributed by atoms with E-state index in [1.807, 2.05) is 24.3 Å². The minimum atomic E-state index is -1.62. The van der Waals surface area contributed by atoms with E-state index in [1.54, 1.807) is 17.0 Å². The molecule has 0 unspecified atom stereocenters. The van der Waals surface area contributed by atoms with E-state index in [-0.39, 0.29) is 36.1 Å². The number of nitrogens with zero attached hydrogens (tertiary/aromatic N) is 5. The second-order valence-corrected chi connectivity index (χ2v) is 11.1. The Morgan fingerprint density at radius 1 is 1.15 bits per heavy atom. The minimum Gasteiger partial charge on any atom is -0.508 e. The third-order valence-corrected chi connectivity index (χ3v) is 8.55. The van der Waals surface area contributed by atoms with Crippen LogP contribution in [0.1, 0.15) is 19.3 Å². The zero-order chi connectivity index (χ0) is 28.3. The lowest BCUT2D eigenvalue weighted by molar-refractivity contribution is 0.107. The smallest absolute Gasteiger partial charge is 0.485 e. The third kappa shape index (κ3) is 4.46. The van der Waals surface area contributed by atoms with Crippen molar-refractivity contribution in [1.82, 2.24) is 19.9 Å². The average molecular weight is 559 g/mol. The summed E-state index contributed by atoms with van der Waals surface area (Å²) in [6, 6.07) is 10.4. The first kappa shape index (κ1) is 26.1. The molecule has 5 heterocycles. The van der Waals surface area contributed by atoms with Gasteiger partial charge in [0.05, 0.1) is 10.9 Å². The summed E-state index contributed by atoms with van der Waals surface area (Å²) in [5.74, 6) is -0.383. The van der Waals surface area contributed by atoms with Crippen LogP contribution in [0.4, 0.5) is 14.6 Å². The highest BCUT2D eigenvalue weighted by atomic mass is 19.1. The van der Waals surface area contributed by atoms with Gasteiger partial charge in [0.15, 0.2) is 5.82 Å². The number of alkyl halides is 1. The highest BCUT2D eigenvalue weighted by Crippen LogP contribution is 2.41. The largest absolute Gasteiger partial charge is 0.508 e. The molecule has 9 nitrogen and oxygen atoms in total. The van der Waals surface area contributed by atoms with Gasteiger partial charge in [0.25, 0.3) is 0 Å². The van der Waals surface area contributed by atoms with Crippen molar-refractivity contribution in [1.29, 1.82) is 0 Å². The summed E-state index contributed by atoms with van der Waals surface area (Å²) in [7, 11) is -1.62. The molecular weight excluding hydrogens is 531 g/mol. The number of aromatic hydroxyl groups is 1. The molecule has 7 rings (SSSR count). The van der Waals surface area contributed by atoms with Crippen LogP contribution in [-0.4, -0.2) is 86.6 Å². The normalized spacial score (nSPS) is 22.5. The molecule has 0 radical (unpaired) electrons. The monoisotopic (exact) mass is 559 g/mol. The second kappa shape index (κ2) is 9.90. The Hall–Kier alpha value is -3.87. The van der Waals surface area contributed by atoms with E-state index in [0.717, 1.165) is 30.2 Å². The van der Waals surface area contributed by atoms with E-state index >= 15 is 4.39 Å². The summed E-state index contributed by atoms with van der Waals surface area (Å²) in [4.78, 5) is 17.4. The Labute approximate surface area is 234 Å². The Morgan fingerprint density at radius 3 is 2.83 bits per heavy atom. The number of halogens is 2. The molecule has 2 aromatic heterocycles. The zero-order valence-corrected chi connectivity index (χ0v) is 22.2. The van der Waals surface area contributed by atoms with Crippen LogP contribution in [0.15, 0.2) is 54.1 Å². The molecule has 0 amide bonds. The Bertz CT molecular complexity index is 1710. The molecule has 41 heavy (non-hydrogen) atoms. The molecule has 0 spiro atoms. The second-order valence-electron chi connectivity index (χ2n) is 11.1. The van der Waals surface area contributed by atoms with Crippen molar-refractivity contribution in [3.63, 3.8) is 0 Å². The number of fused-ring (bicyclic) bond motifs is 3. The number of phenols is 1. The quantitative estimate of drug-likeness (QED) is 0.306. The number of aromatic nitrogens is 3. The number of rotatable bonds is 6. The summed E-state index contributed by atoms with van der Waals surface area (Å²) in [5, 5.41) is 31.5. The SMILES string of the molecule is OB(O)C1=CCN(c2nc(OC[C@@]34CCCN3C[C@H](F)C4)nc3c(F)c(-c4cc(O)cc5ccccc45)ncc23)C1. The predicted octanol–water partition coefficient (Wildman–Crippen LogP) is 3.40. The minimum absolute atomic E-state index is 0.0165. The highest BCUT2D eigenvalue weighted by Gasteiger charge is 2.49. The summed E-state index contributed by atoms with van der Waals surface area (Å²) >= 11 is 0. The van der Waals surface area contributed by atoms with Gasteiger partial charge in [0.1, 0.15) is 35.6 Å². The standard InChI is InChI=1S/C29H28BF2N5O4/c31-19-12-29(7-3-8-37(29)15-19)16-41-28-34-26-23(27(35-28)36-9-6-18(14-36)30(39)40)13-33-25(24(26)32)22-11-20(38)10-17-4-1-2-5-21(17)22/h1-2,4-6,10-11,13,19,38-40H,3,7-9,12,14-16H2/t19-,29+/m1/s1. The van der Waals surface area contributed by atoms with Crippen LogP contribution < -0.4 is 9.64 Å². The van der Waals surface area contributed by atoms with Crippen molar-refractivity contribution in [3.05, 3.63) is 60.0 Å². The molecule has 210 valence electrons. The number of anilines is 1.